The smallest absolute Gasteiger partial charge is 0.161 e. The molecule has 1 aromatic carbocycles. The molecule has 1 N–H and O–H groups in total. The molecule has 1 heterocycles. The first-order chi connectivity index (χ1) is 12.9. The van der Waals surface area contributed by atoms with E-state index in [-0.39, 0.29) is 27.4 Å². The second-order valence-corrected chi connectivity index (χ2v) is 8.10. The summed E-state index contributed by atoms with van der Waals surface area (Å²) in [6.45, 7) is 2.80. The predicted octanol–water partition coefficient (Wildman–Crippen LogP) is 5.13. The van der Waals surface area contributed by atoms with Crippen molar-refractivity contribution in [3.63, 3.8) is 0 Å². The van der Waals surface area contributed by atoms with Gasteiger partial charge >= 0.3 is 0 Å². The summed E-state index contributed by atoms with van der Waals surface area (Å²) in [5.74, 6) is -0.453. The molecule has 0 bridgehead atoms. The fraction of sp³-hybridized carbons (Fsp3) is 0.429. The summed E-state index contributed by atoms with van der Waals surface area (Å²) < 4.78 is 0. The Labute approximate surface area is 168 Å². The topological polar surface area (TPSA) is 57.6 Å². The summed E-state index contributed by atoms with van der Waals surface area (Å²) in [4.78, 5) is 28.1. The molecule has 2 aliphatic carbocycles. The van der Waals surface area contributed by atoms with Crippen molar-refractivity contribution < 1.29 is 14.7 Å². The molecule has 3 aliphatic rings. The van der Waals surface area contributed by atoms with Crippen LogP contribution in [0.2, 0.25) is 10.0 Å². The number of aromatic hydroxyl groups is 1. The van der Waals surface area contributed by atoms with Crippen molar-refractivity contribution in [3.8, 4) is 5.75 Å². The van der Waals surface area contributed by atoms with Crippen molar-refractivity contribution in [2.45, 2.75) is 51.4 Å². The molecule has 0 amide bonds. The van der Waals surface area contributed by atoms with E-state index in [2.05, 4.69) is 11.8 Å². The number of phenolic OH excluding ortho intramolecular Hbond substituents is 1. The summed E-state index contributed by atoms with van der Waals surface area (Å²) in [7, 11) is 0. The molecule has 0 radical (unpaired) electrons. The minimum atomic E-state index is -0.450. The van der Waals surface area contributed by atoms with Gasteiger partial charge in [-0.1, -0.05) is 23.2 Å². The molecular formula is C21H21Cl2NO3. The van der Waals surface area contributed by atoms with Crippen LogP contribution in [0, 0.1) is 0 Å². The fourth-order valence-corrected chi connectivity index (χ4v) is 5.19. The normalized spacial score (nSPS) is 20.9. The predicted molar refractivity (Wildman–Crippen MR) is 105 cm³/mol. The van der Waals surface area contributed by atoms with Crippen LogP contribution in [-0.4, -0.2) is 28.1 Å². The third-order valence-corrected chi connectivity index (χ3v) is 6.35. The summed E-state index contributed by atoms with van der Waals surface area (Å²) in [5, 5.41) is 10.2. The molecule has 0 atom stereocenters. The maximum Gasteiger partial charge on any atom is 0.161 e. The highest BCUT2D eigenvalue weighted by atomic mass is 35.5. The van der Waals surface area contributed by atoms with Crippen molar-refractivity contribution in [2.75, 3.05) is 6.54 Å². The molecule has 0 spiro atoms. The SMILES string of the molecule is CCN1C2=C(C(=O)CCC2)C(c2cc(Cl)c(O)c(Cl)c2)C2=C1CCCC2=O. The van der Waals surface area contributed by atoms with Crippen LogP contribution in [0.3, 0.4) is 0 Å². The monoisotopic (exact) mass is 405 g/mol. The molecule has 0 aromatic heterocycles. The third kappa shape index (κ3) is 2.90. The number of nitrogens with zero attached hydrogens (tertiary/aromatic N) is 1. The Morgan fingerprint density at radius 1 is 0.963 bits per heavy atom. The highest BCUT2D eigenvalue weighted by Crippen LogP contribution is 2.50. The number of Topliss-reactive ketones (excluding diaryl/α,β-unsaturated/α-hetero) is 2. The molecule has 0 unspecified atom stereocenters. The molecule has 0 saturated heterocycles. The lowest BCUT2D eigenvalue weighted by atomic mass is 9.71. The number of carbonyl (C=O) groups excluding carboxylic acids is 2. The number of allylic oxidation sites excluding steroid dienone is 4. The molecule has 1 aromatic rings. The van der Waals surface area contributed by atoms with Crippen LogP contribution in [0.15, 0.2) is 34.7 Å². The van der Waals surface area contributed by atoms with Crippen molar-refractivity contribution >= 4 is 34.8 Å². The van der Waals surface area contributed by atoms with Gasteiger partial charge in [0.1, 0.15) is 0 Å². The molecule has 27 heavy (non-hydrogen) atoms. The third-order valence-electron chi connectivity index (χ3n) is 5.78. The van der Waals surface area contributed by atoms with Gasteiger partial charge in [-0.2, -0.15) is 0 Å². The molecule has 0 saturated carbocycles. The first-order valence-electron chi connectivity index (χ1n) is 9.42. The van der Waals surface area contributed by atoms with Crippen LogP contribution in [0.25, 0.3) is 0 Å². The lowest BCUT2D eigenvalue weighted by molar-refractivity contribution is -0.117. The number of benzene rings is 1. The van der Waals surface area contributed by atoms with Crippen LogP contribution >= 0.6 is 23.2 Å². The number of carbonyl (C=O) groups is 2. The second kappa shape index (κ2) is 6.99. The Hall–Kier alpha value is -1.78. The number of rotatable bonds is 2. The summed E-state index contributed by atoms with van der Waals surface area (Å²) in [5.41, 5.74) is 4.17. The number of phenols is 1. The number of ketones is 2. The van der Waals surface area contributed by atoms with Crippen molar-refractivity contribution in [1.29, 1.82) is 0 Å². The zero-order valence-corrected chi connectivity index (χ0v) is 16.7. The van der Waals surface area contributed by atoms with E-state index in [0.29, 0.717) is 29.6 Å². The zero-order valence-electron chi connectivity index (χ0n) is 15.1. The minimum absolute atomic E-state index is 0.0879. The molecule has 6 heteroatoms. The first-order valence-corrected chi connectivity index (χ1v) is 10.2. The molecular weight excluding hydrogens is 385 g/mol. The Bertz CT molecular complexity index is 849. The lowest BCUT2D eigenvalue weighted by Gasteiger charge is -2.43. The summed E-state index contributed by atoms with van der Waals surface area (Å²) in [6, 6.07) is 3.27. The Morgan fingerprint density at radius 3 is 1.89 bits per heavy atom. The van der Waals surface area contributed by atoms with Gasteiger partial charge in [0.25, 0.3) is 0 Å². The average Bonchev–Trinajstić information content (AvgIpc) is 2.64. The van der Waals surface area contributed by atoms with Gasteiger partial charge in [0, 0.05) is 47.8 Å². The van der Waals surface area contributed by atoms with Crippen LogP contribution < -0.4 is 0 Å². The van der Waals surface area contributed by atoms with E-state index in [1.807, 2.05) is 0 Å². The quantitative estimate of drug-likeness (QED) is 0.740. The van der Waals surface area contributed by atoms with Gasteiger partial charge < -0.3 is 10.0 Å². The molecule has 0 fully saturated rings. The Kier molecular flexibility index (Phi) is 4.81. The highest BCUT2D eigenvalue weighted by Gasteiger charge is 2.43. The van der Waals surface area contributed by atoms with Crippen LogP contribution in [-0.2, 0) is 9.59 Å². The zero-order chi connectivity index (χ0) is 19.3. The van der Waals surface area contributed by atoms with E-state index in [9.17, 15) is 14.7 Å². The van der Waals surface area contributed by atoms with Gasteiger partial charge in [0.2, 0.25) is 0 Å². The first kappa shape index (κ1) is 18.6. The summed E-state index contributed by atoms with van der Waals surface area (Å²) >= 11 is 12.3. The van der Waals surface area contributed by atoms with Gasteiger partial charge in [-0.15, -0.1) is 0 Å². The Balaban J connectivity index is 1.99. The maximum atomic E-state index is 13.0. The van der Waals surface area contributed by atoms with Gasteiger partial charge in [-0.05, 0) is 50.3 Å². The highest BCUT2D eigenvalue weighted by molar-refractivity contribution is 6.37. The van der Waals surface area contributed by atoms with Crippen molar-refractivity contribution in [3.05, 3.63) is 50.3 Å². The van der Waals surface area contributed by atoms with Crippen LogP contribution in [0.1, 0.15) is 56.9 Å². The van der Waals surface area contributed by atoms with Gasteiger partial charge in [0.05, 0.1) is 10.0 Å². The van der Waals surface area contributed by atoms with E-state index in [0.717, 1.165) is 43.6 Å². The summed E-state index contributed by atoms with van der Waals surface area (Å²) in [6.07, 6.45) is 4.29. The fourth-order valence-electron chi connectivity index (χ4n) is 4.68. The maximum absolute atomic E-state index is 13.0. The van der Waals surface area contributed by atoms with Crippen LogP contribution in [0.5, 0.6) is 5.75 Å². The van der Waals surface area contributed by atoms with E-state index >= 15 is 0 Å². The van der Waals surface area contributed by atoms with E-state index in [4.69, 9.17) is 23.2 Å². The lowest BCUT2D eigenvalue weighted by Crippen LogP contribution is -2.39. The molecule has 142 valence electrons. The van der Waals surface area contributed by atoms with Gasteiger partial charge in [0.15, 0.2) is 17.3 Å². The average molecular weight is 406 g/mol. The van der Waals surface area contributed by atoms with E-state index < -0.39 is 5.92 Å². The molecule has 4 nitrogen and oxygen atoms in total. The second-order valence-electron chi connectivity index (χ2n) is 7.28. The van der Waals surface area contributed by atoms with Gasteiger partial charge in [-0.25, -0.2) is 0 Å². The van der Waals surface area contributed by atoms with Crippen molar-refractivity contribution in [2.24, 2.45) is 0 Å². The van der Waals surface area contributed by atoms with E-state index in [1.54, 1.807) is 12.1 Å². The number of hydrogen-bond acceptors (Lipinski definition) is 4. The van der Waals surface area contributed by atoms with Crippen molar-refractivity contribution in [1.82, 2.24) is 4.90 Å². The minimum Gasteiger partial charge on any atom is -0.505 e. The Morgan fingerprint density at radius 2 is 1.44 bits per heavy atom. The van der Waals surface area contributed by atoms with Crippen LogP contribution in [0.4, 0.5) is 0 Å². The molecule has 4 rings (SSSR count). The standard InChI is InChI=1S/C21H21Cl2NO3/c1-2-24-14-5-3-7-16(25)19(14)18(20-15(24)6-4-8-17(20)26)11-9-12(22)21(27)13(23)10-11/h9-10,18,27H,2-8H2,1H3. The number of halogens is 2. The largest absolute Gasteiger partial charge is 0.505 e. The number of hydrogen-bond donors (Lipinski definition) is 1. The molecule has 1 aliphatic heterocycles. The van der Waals surface area contributed by atoms with E-state index in [1.165, 1.54) is 0 Å². The van der Waals surface area contributed by atoms with Gasteiger partial charge in [-0.3, -0.25) is 9.59 Å².